The lowest BCUT2D eigenvalue weighted by Gasteiger charge is -2.22. The van der Waals surface area contributed by atoms with Crippen molar-refractivity contribution in [2.75, 3.05) is 6.61 Å². The Kier molecular flexibility index (Phi) is 10.2. The van der Waals surface area contributed by atoms with Gasteiger partial charge in [0.15, 0.2) is 0 Å². The Bertz CT molecular complexity index is 1340. The summed E-state index contributed by atoms with van der Waals surface area (Å²) in [5.74, 6) is 0.810. The molecule has 0 amide bonds. The second-order valence-corrected chi connectivity index (χ2v) is 12.0. The van der Waals surface area contributed by atoms with E-state index >= 15 is 0 Å². The van der Waals surface area contributed by atoms with Crippen molar-refractivity contribution >= 4 is 26.1 Å². The Morgan fingerprint density at radius 1 is 0.667 bits per heavy atom. The van der Waals surface area contributed by atoms with Crippen LogP contribution in [0, 0.1) is 10.2 Å². The minimum absolute atomic E-state index is 0.636. The van der Waals surface area contributed by atoms with Crippen LogP contribution in [0.4, 0.5) is 0 Å². The Hall–Kier alpha value is -2.71. The van der Waals surface area contributed by atoms with E-state index in [0.29, 0.717) is 16.4 Å². The van der Waals surface area contributed by atoms with Crippen molar-refractivity contribution in [3.05, 3.63) is 113 Å². The van der Waals surface area contributed by atoms with Crippen molar-refractivity contribution in [1.82, 2.24) is 0 Å². The van der Waals surface area contributed by atoms with Crippen LogP contribution in [0.15, 0.2) is 84.9 Å². The van der Waals surface area contributed by atoms with Crippen LogP contribution in [0.25, 0.3) is 10.5 Å². The topological polar surface area (TPSA) is 87.6 Å². The zero-order valence-electron chi connectivity index (χ0n) is 22.7. The van der Waals surface area contributed by atoms with E-state index in [0.717, 1.165) is 71.2 Å². The van der Waals surface area contributed by atoms with Gasteiger partial charge in [-0.1, -0.05) is 94.3 Å². The molecule has 1 aliphatic heterocycles. The number of aryl methyl sites for hydroxylation is 2. The molecular weight excluding hydrogens is 532 g/mol. The maximum atomic E-state index is 11.9. The first kappa shape index (κ1) is 29.3. The van der Waals surface area contributed by atoms with Crippen LogP contribution in [0.3, 0.4) is 0 Å². The number of rotatable bonds is 12. The molecule has 5 nitrogen and oxygen atoms in total. The molecule has 0 spiro atoms. The smallest absolute Gasteiger partial charge is 0.148 e. The van der Waals surface area contributed by atoms with Crippen molar-refractivity contribution in [2.45, 2.75) is 52.9 Å². The summed E-state index contributed by atoms with van der Waals surface area (Å²) in [6.45, 7) is 7.01. The van der Waals surface area contributed by atoms with Gasteiger partial charge in [-0.25, -0.2) is 0 Å². The second-order valence-electron chi connectivity index (χ2n) is 9.36. The zero-order chi connectivity index (χ0) is 27.8. The molecule has 39 heavy (non-hydrogen) atoms. The van der Waals surface area contributed by atoms with E-state index in [-0.39, 0.29) is 0 Å². The standard InChI is InChI=1S/C32H35ClO5S/c1-4-7-8-21-37-30-19-17-26(18-20-30)29-22-31(27-13-9-24(5-2)10-14-27)39(38-33(34,35)36)32(23-29)28-15-11-25(6-3)12-16-28/h9-20,22-23H,4-8,21H2,1-3H3. The Labute approximate surface area is 236 Å². The van der Waals surface area contributed by atoms with Crippen LogP contribution in [0.5, 0.6) is 5.75 Å². The molecule has 0 bridgehead atoms. The van der Waals surface area contributed by atoms with Gasteiger partial charge in [0, 0.05) is 0 Å². The van der Waals surface area contributed by atoms with E-state index in [2.05, 4.69) is 20.8 Å². The van der Waals surface area contributed by atoms with Crippen LogP contribution in [-0.4, -0.2) is 11.5 Å². The highest BCUT2D eigenvalue weighted by molar-refractivity contribution is 8.20. The summed E-state index contributed by atoms with van der Waals surface area (Å²) in [7, 11) is -6.11. The number of hydrogen-bond acceptors (Lipinski definition) is 5. The fraction of sp³-hybridized carbons (Fsp3) is 0.281. The van der Waals surface area contributed by atoms with E-state index in [4.69, 9.17) is 8.47 Å². The van der Waals surface area contributed by atoms with E-state index < -0.39 is 21.0 Å². The van der Waals surface area contributed by atoms with E-state index in [1.165, 1.54) is 0 Å². The van der Waals surface area contributed by atoms with E-state index in [9.17, 15) is 14.0 Å². The lowest BCUT2D eigenvalue weighted by Crippen LogP contribution is -2.60. The molecule has 0 saturated heterocycles. The van der Waals surface area contributed by atoms with Gasteiger partial charge in [-0.15, -0.1) is 0 Å². The summed E-state index contributed by atoms with van der Waals surface area (Å²) in [4.78, 5) is 1.27. The average Bonchev–Trinajstić information content (AvgIpc) is 2.95. The summed E-state index contributed by atoms with van der Waals surface area (Å²) in [6, 6.07) is 23.8. The molecule has 1 aliphatic rings. The number of benzene rings is 3. The first-order chi connectivity index (χ1) is 18.8. The molecule has 0 saturated carbocycles. The Morgan fingerprint density at radius 2 is 1.23 bits per heavy atom. The molecule has 1 atom stereocenters. The summed E-state index contributed by atoms with van der Waals surface area (Å²) in [5.41, 5.74) is 5.78. The molecule has 3 aromatic carbocycles. The number of unbranched alkanes of at least 4 members (excludes halogenated alkanes) is 2. The molecule has 0 N–H and O–H groups in total. The predicted octanol–water partition coefficient (Wildman–Crippen LogP) is 5.14. The third kappa shape index (κ3) is 7.92. The predicted molar refractivity (Wildman–Crippen MR) is 152 cm³/mol. The fourth-order valence-electron chi connectivity index (χ4n) is 4.34. The second kappa shape index (κ2) is 13.6. The Balaban J connectivity index is 1.81. The highest BCUT2D eigenvalue weighted by Crippen LogP contribution is 2.45. The maximum Gasteiger partial charge on any atom is 0.148 e. The highest BCUT2D eigenvalue weighted by Gasteiger charge is 2.32. The van der Waals surface area contributed by atoms with Crippen LogP contribution in [-0.2, 0) is 16.6 Å². The first-order valence-electron chi connectivity index (χ1n) is 13.4. The lowest BCUT2D eigenvalue weighted by atomic mass is 9.99. The van der Waals surface area contributed by atoms with Gasteiger partial charge in [-0.05, 0) is 76.9 Å². The van der Waals surface area contributed by atoms with Gasteiger partial charge in [0.1, 0.15) is 20.3 Å². The van der Waals surface area contributed by atoms with E-state index in [1.807, 2.05) is 84.9 Å². The molecular formula is C32H35ClO5S. The number of allylic oxidation sites excluding steroid dienone is 3. The number of ether oxygens (including phenoxy) is 1. The molecule has 0 aromatic heterocycles. The van der Waals surface area contributed by atoms with Gasteiger partial charge in [0.05, 0.1) is 26.6 Å². The number of halogens is 1. The minimum Gasteiger partial charge on any atom is -0.494 e. The molecule has 0 aliphatic carbocycles. The van der Waals surface area contributed by atoms with Crippen LogP contribution < -0.4 is 18.7 Å². The SMILES string of the molecule is CCCCCOc1ccc(C2=CC(c3ccc(CC)cc3)=S(O[Cl+3]([O-])([O-])[O-])C(c3ccc(CC)cc3)=C2)cc1. The van der Waals surface area contributed by atoms with Gasteiger partial charge in [-0.3, -0.25) is 0 Å². The molecule has 0 fully saturated rings. The lowest BCUT2D eigenvalue weighted by molar-refractivity contribution is -1.91. The van der Waals surface area contributed by atoms with Crippen molar-refractivity contribution in [1.29, 1.82) is 0 Å². The van der Waals surface area contributed by atoms with Gasteiger partial charge in [0.2, 0.25) is 0 Å². The average molecular weight is 567 g/mol. The van der Waals surface area contributed by atoms with E-state index in [1.54, 1.807) is 0 Å². The zero-order valence-corrected chi connectivity index (χ0v) is 24.2. The molecule has 1 unspecified atom stereocenters. The summed E-state index contributed by atoms with van der Waals surface area (Å²) in [5, 5.41) is 0. The van der Waals surface area contributed by atoms with Crippen molar-refractivity contribution in [3.63, 3.8) is 0 Å². The molecule has 206 valence electrons. The fourth-order valence-corrected chi connectivity index (χ4v) is 6.90. The van der Waals surface area contributed by atoms with Gasteiger partial charge in [0.25, 0.3) is 0 Å². The normalized spacial score (nSPS) is 15.6. The van der Waals surface area contributed by atoms with Crippen molar-refractivity contribution < 1.29 is 32.7 Å². The summed E-state index contributed by atoms with van der Waals surface area (Å²) in [6.07, 6.45) is 8.91. The van der Waals surface area contributed by atoms with Gasteiger partial charge < -0.3 is 4.74 Å². The first-order valence-corrected chi connectivity index (χ1v) is 15.8. The van der Waals surface area contributed by atoms with Crippen LogP contribution >= 0.6 is 10.8 Å². The third-order valence-electron chi connectivity index (χ3n) is 6.61. The van der Waals surface area contributed by atoms with Crippen molar-refractivity contribution in [2.24, 2.45) is 0 Å². The Morgan fingerprint density at radius 3 is 1.77 bits per heavy atom. The number of hydrogen-bond donors (Lipinski definition) is 0. The van der Waals surface area contributed by atoms with Gasteiger partial charge in [-0.2, -0.15) is 14.0 Å². The molecule has 0 radical (unpaired) electrons. The molecule has 4 rings (SSSR count). The maximum absolute atomic E-state index is 11.9. The summed E-state index contributed by atoms with van der Waals surface area (Å²) >= 11 is 0. The van der Waals surface area contributed by atoms with Crippen LogP contribution in [0.2, 0.25) is 0 Å². The van der Waals surface area contributed by atoms with Crippen LogP contribution in [0.1, 0.15) is 67.9 Å². The third-order valence-corrected chi connectivity index (χ3v) is 9.24. The summed E-state index contributed by atoms with van der Waals surface area (Å²) < 4.78 is 46.8. The highest BCUT2D eigenvalue weighted by atomic mass is 35.7. The van der Waals surface area contributed by atoms with Crippen molar-refractivity contribution in [3.8, 4) is 5.75 Å². The molecule has 1 heterocycles. The van der Waals surface area contributed by atoms with Gasteiger partial charge >= 0.3 is 0 Å². The molecule has 3 aromatic rings. The quantitative estimate of drug-likeness (QED) is 0.224. The minimum atomic E-state index is -4.66. The molecule has 7 heteroatoms. The monoisotopic (exact) mass is 566 g/mol. The largest absolute Gasteiger partial charge is 0.494 e.